The molecule has 4 rings (SSSR count). The molecule has 0 radical (unpaired) electrons. The van der Waals surface area contributed by atoms with Gasteiger partial charge in [0.25, 0.3) is 20.2 Å². The molecule has 4 aromatic carbocycles. The van der Waals surface area contributed by atoms with E-state index in [1.165, 1.54) is 12.1 Å². The van der Waals surface area contributed by atoms with E-state index in [9.17, 15) is 21.4 Å². The molecule has 0 saturated heterocycles. The summed E-state index contributed by atoms with van der Waals surface area (Å²) >= 11 is 0. The summed E-state index contributed by atoms with van der Waals surface area (Å²) in [5.74, 6) is 0. The number of hydrogen-bond acceptors (Lipinski definition) is 5. The highest BCUT2D eigenvalue weighted by Crippen LogP contribution is 2.44. The summed E-state index contributed by atoms with van der Waals surface area (Å²) in [6.07, 6.45) is 0. The van der Waals surface area contributed by atoms with Crippen LogP contribution in [0.3, 0.4) is 0 Å². The average Bonchev–Trinajstić information content (AvgIpc) is 2.80. The van der Waals surface area contributed by atoms with Crippen LogP contribution in [-0.4, -0.2) is 28.5 Å². The summed E-state index contributed by atoms with van der Waals surface area (Å²) in [7, 11) is -7.90. The Morgan fingerprint density at radius 2 is 1.03 bits per heavy atom. The molecule has 8 heteroatoms. The SMILES string of the molecule is COS(=O)(=O)c1ccc2cc(C(C)(C)C)ccc2c1-c1c(S(=O)(=O)O)ccc2cc(C(C)(C)C)ccc12. The summed E-state index contributed by atoms with van der Waals surface area (Å²) in [5.41, 5.74) is 2.03. The van der Waals surface area contributed by atoms with Crippen LogP contribution in [0.25, 0.3) is 32.7 Å². The van der Waals surface area contributed by atoms with Crippen molar-refractivity contribution in [2.24, 2.45) is 0 Å². The molecule has 0 aliphatic carbocycles. The van der Waals surface area contributed by atoms with Gasteiger partial charge in [0.05, 0.1) is 7.11 Å². The van der Waals surface area contributed by atoms with Crippen LogP contribution in [0.1, 0.15) is 52.7 Å². The summed E-state index contributed by atoms with van der Waals surface area (Å²) in [6.45, 7) is 12.4. The van der Waals surface area contributed by atoms with E-state index in [-0.39, 0.29) is 31.7 Å². The maximum absolute atomic E-state index is 13.1. The molecule has 196 valence electrons. The van der Waals surface area contributed by atoms with Crippen molar-refractivity contribution in [3.8, 4) is 11.1 Å². The third-order valence-corrected chi connectivity index (χ3v) is 8.93. The third kappa shape index (κ3) is 5.03. The van der Waals surface area contributed by atoms with Gasteiger partial charge in [-0.15, -0.1) is 0 Å². The Morgan fingerprint density at radius 1 is 0.622 bits per heavy atom. The van der Waals surface area contributed by atoms with Crippen molar-refractivity contribution in [2.75, 3.05) is 7.11 Å². The van der Waals surface area contributed by atoms with Crippen LogP contribution in [0.5, 0.6) is 0 Å². The maximum Gasteiger partial charge on any atom is 0.297 e. The van der Waals surface area contributed by atoms with E-state index >= 15 is 0 Å². The van der Waals surface area contributed by atoms with Gasteiger partial charge < -0.3 is 0 Å². The van der Waals surface area contributed by atoms with Crippen LogP contribution >= 0.6 is 0 Å². The Bertz CT molecular complexity index is 1750. The lowest BCUT2D eigenvalue weighted by Crippen LogP contribution is -2.12. The van der Waals surface area contributed by atoms with Gasteiger partial charge in [0, 0.05) is 11.1 Å². The molecule has 0 fully saturated rings. The Kier molecular flexibility index (Phi) is 6.56. The Labute approximate surface area is 219 Å². The van der Waals surface area contributed by atoms with Gasteiger partial charge >= 0.3 is 0 Å². The molecule has 1 N–H and O–H groups in total. The zero-order valence-electron chi connectivity index (χ0n) is 22.1. The van der Waals surface area contributed by atoms with Crippen molar-refractivity contribution < 1.29 is 25.6 Å². The van der Waals surface area contributed by atoms with Gasteiger partial charge in [-0.25, -0.2) is 0 Å². The molecule has 0 bridgehead atoms. The zero-order valence-corrected chi connectivity index (χ0v) is 23.7. The lowest BCUT2D eigenvalue weighted by atomic mass is 9.83. The minimum absolute atomic E-state index is 0.116. The quantitative estimate of drug-likeness (QED) is 0.225. The monoisotopic (exact) mass is 540 g/mol. The Balaban J connectivity index is 2.26. The molecule has 0 aliphatic rings. The maximum atomic E-state index is 13.1. The molecule has 0 aliphatic heterocycles. The van der Waals surface area contributed by atoms with Gasteiger partial charge in [-0.05, 0) is 55.6 Å². The highest BCUT2D eigenvalue weighted by Gasteiger charge is 2.29. The van der Waals surface area contributed by atoms with E-state index < -0.39 is 20.2 Å². The van der Waals surface area contributed by atoms with E-state index in [0.717, 1.165) is 29.0 Å². The van der Waals surface area contributed by atoms with E-state index in [0.29, 0.717) is 10.8 Å². The molecular weight excluding hydrogens is 508 g/mol. The van der Waals surface area contributed by atoms with Gasteiger partial charge in [0.1, 0.15) is 9.79 Å². The van der Waals surface area contributed by atoms with Gasteiger partial charge in [0.2, 0.25) is 0 Å². The van der Waals surface area contributed by atoms with Gasteiger partial charge in [-0.1, -0.05) is 90.1 Å². The van der Waals surface area contributed by atoms with Crippen LogP contribution in [0.2, 0.25) is 0 Å². The van der Waals surface area contributed by atoms with E-state index in [1.807, 2.05) is 24.3 Å². The van der Waals surface area contributed by atoms with Crippen molar-refractivity contribution in [3.63, 3.8) is 0 Å². The standard InChI is InChI=1S/C29H32O6S2/c1-28(2,3)20-10-12-22-18(16-20)8-14-24(36(30,31)32)26(22)27-23-13-11-21(29(4,5)6)17-19(23)9-15-25(27)37(33,34)35-7/h8-17H,1-7H3,(H,30,31,32). The average molecular weight is 541 g/mol. The lowest BCUT2D eigenvalue weighted by molar-refractivity contribution is 0.398. The Morgan fingerprint density at radius 3 is 1.41 bits per heavy atom. The molecule has 0 atom stereocenters. The molecule has 0 spiro atoms. The summed E-state index contributed by atoms with van der Waals surface area (Å²) in [5, 5.41) is 2.49. The van der Waals surface area contributed by atoms with Crippen molar-refractivity contribution >= 4 is 41.8 Å². The van der Waals surface area contributed by atoms with Gasteiger partial charge in [-0.3, -0.25) is 8.74 Å². The smallest absolute Gasteiger partial charge is 0.282 e. The summed E-state index contributed by atoms with van der Waals surface area (Å²) < 4.78 is 66.6. The van der Waals surface area contributed by atoms with E-state index in [2.05, 4.69) is 41.5 Å². The predicted molar refractivity (Wildman–Crippen MR) is 148 cm³/mol. The van der Waals surface area contributed by atoms with Crippen molar-refractivity contribution in [1.82, 2.24) is 0 Å². The lowest BCUT2D eigenvalue weighted by Gasteiger charge is -2.23. The number of rotatable bonds is 4. The largest absolute Gasteiger partial charge is 0.297 e. The first-order chi connectivity index (χ1) is 16.9. The first-order valence-electron chi connectivity index (χ1n) is 11.9. The topological polar surface area (TPSA) is 97.7 Å². The van der Waals surface area contributed by atoms with E-state index in [1.54, 1.807) is 24.3 Å². The fourth-order valence-electron chi connectivity index (χ4n) is 4.58. The summed E-state index contributed by atoms with van der Waals surface area (Å²) in [6, 6.07) is 17.4. The normalized spacial score (nSPS) is 13.4. The van der Waals surface area contributed by atoms with Crippen molar-refractivity contribution in [1.29, 1.82) is 0 Å². The number of hydrogen-bond donors (Lipinski definition) is 1. The van der Waals surface area contributed by atoms with Crippen LogP contribution in [0.15, 0.2) is 70.5 Å². The Hall–Kier alpha value is -2.78. The fraction of sp³-hybridized carbons (Fsp3) is 0.310. The third-order valence-electron chi connectivity index (χ3n) is 6.71. The van der Waals surface area contributed by atoms with Crippen LogP contribution in [0, 0.1) is 0 Å². The molecule has 0 unspecified atom stereocenters. The molecular formula is C29H32O6S2. The van der Waals surface area contributed by atoms with Gasteiger partial charge in [-0.2, -0.15) is 16.8 Å². The second-order valence-corrected chi connectivity index (χ2v) is 14.4. The minimum Gasteiger partial charge on any atom is -0.282 e. The fourth-order valence-corrected chi connectivity index (χ4v) is 6.17. The van der Waals surface area contributed by atoms with Crippen LogP contribution in [0.4, 0.5) is 0 Å². The van der Waals surface area contributed by atoms with Crippen molar-refractivity contribution in [3.05, 3.63) is 71.8 Å². The van der Waals surface area contributed by atoms with Gasteiger partial charge in [0.15, 0.2) is 0 Å². The second-order valence-electron chi connectivity index (χ2n) is 11.3. The number of fused-ring (bicyclic) bond motifs is 2. The zero-order chi connectivity index (χ0) is 27.6. The minimum atomic E-state index is -4.72. The molecule has 6 nitrogen and oxygen atoms in total. The van der Waals surface area contributed by atoms with Crippen LogP contribution < -0.4 is 0 Å². The molecule has 0 heterocycles. The highest BCUT2D eigenvalue weighted by atomic mass is 32.2. The predicted octanol–water partition coefficient (Wildman–Crippen LogP) is 6.84. The highest BCUT2D eigenvalue weighted by molar-refractivity contribution is 7.87. The first-order valence-corrected chi connectivity index (χ1v) is 14.7. The first kappa shape index (κ1) is 27.3. The van der Waals surface area contributed by atoms with Crippen LogP contribution in [-0.2, 0) is 35.2 Å². The molecule has 4 aromatic rings. The molecule has 0 saturated carbocycles. The summed E-state index contributed by atoms with van der Waals surface area (Å²) in [4.78, 5) is -0.549. The second kappa shape index (κ2) is 8.91. The molecule has 0 amide bonds. The van der Waals surface area contributed by atoms with Crippen molar-refractivity contribution in [2.45, 2.75) is 62.2 Å². The number of benzene rings is 4. The molecule has 0 aromatic heterocycles. The van der Waals surface area contributed by atoms with E-state index in [4.69, 9.17) is 4.18 Å². The molecule has 37 heavy (non-hydrogen) atoms.